The van der Waals surface area contributed by atoms with Gasteiger partial charge in [-0.05, 0) is 36.4 Å². The van der Waals surface area contributed by atoms with Crippen molar-refractivity contribution in [2.24, 2.45) is 5.73 Å². The summed E-state index contributed by atoms with van der Waals surface area (Å²) in [5.41, 5.74) is 5.16. The fraction of sp³-hybridized carbons (Fsp3) is 0. The number of hydrogen-bond donors (Lipinski definition) is 2. The zero-order valence-electron chi connectivity index (χ0n) is 12.3. The number of halogens is 4. The highest BCUT2D eigenvalue weighted by Crippen LogP contribution is 2.20. The summed E-state index contributed by atoms with van der Waals surface area (Å²) in [6.45, 7) is 0. The Morgan fingerprint density at radius 3 is 2.24 bits per heavy atom. The minimum Gasteiger partial charge on any atom is -0.366 e. The molecule has 10 heteroatoms. The van der Waals surface area contributed by atoms with Crippen molar-refractivity contribution in [3.8, 4) is 0 Å². The first-order valence-electron chi connectivity index (χ1n) is 6.35. The largest absolute Gasteiger partial charge is 0.366 e. The lowest BCUT2D eigenvalue weighted by Crippen LogP contribution is -2.11. The number of primary amides is 1. The summed E-state index contributed by atoms with van der Waals surface area (Å²) in [6, 6.07) is 7.19. The number of nitrogens with two attached hydrogens (primary N) is 1. The van der Waals surface area contributed by atoms with E-state index in [-0.39, 0.29) is 16.1 Å². The molecule has 5 nitrogen and oxygen atoms in total. The predicted octanol–water partition coefficient (Wildman–Crippen LogP) is 3.92. The van der Waals surface area contributed by atoms with Crippen LogP contribution in [0.4, 0.5) is 8.78 Å². The Bertz CT molecular complexity index is 918. The molecule has 0 aliphatic carbocycles. The van der Waals surface area contributed by atoms with Crippen molar-refractivity contribution < 1.29 is 26.5 Å². The zero-order chi connectivity index (χ0) is 19.2. The van der Waals surface area contributed by atoms with Crippen molar-refractivity contribution in [1.29, 1.82) is 0 Å². The quantitative estimate of drug-likeness (QED) is 0.750. The molecule has 2 aromatic carbocycles. The SMILES string of the molecule is NC(=O)c1ccc(Cl)cc1Cl.O=S(=O)(O)/C=C/c1ccc(F)cc1F. The third kappa shape index (κ3) is 7.61. The van der Waals surface area contributed by atoms with Gasteiger partial charge in [0.1, 0.15) is 11.6 Å². The molecular formula is C15H11Cl2F2NO4S. The molecule has 0 bridgehead atoms. The molecule has 0 fully saturated rings. The minimum atomic E-state index is -4.29. The molecule has 3 N–H and O–H groups in total. The molecular weight excluding hydrogens is 399 g/mol. The summed E-state index contributed by atoms with van der Waals surface area (Å²) in [5.74, 6) is -2.21. The number of rotatable bonds is 3. The number of amides is 1. The Hall–Kier alpha value is -2.00. The highest BCUT2D eigenvalue weighted by molar-refractivity contribution is 7.88. The zero-order valence-corrected chi connectivity index (χ0v) is 14.6. The molecule has 2 aromatic rings. The maximum atomic E-state index is 12.9. The van der Waals surface area contributed by atoms with Gasteiger partial charge in [0, 0.05) is 16.7 Å². The number of carbonyl (C=O) groups excluding carboxylic acids is 1. The topological polar surface area (TPSA) is 97.5 Å². The molecule has 0 aliphatic rings. The molecule has 0 aromatic heterocycles. The second-order valence-corrected chi connectivity index (χ2v) is 6.62. The molecule has 0 atom stereocenters. The van der Waals surface area contributed by atoms with Gasteiger partial charge in [-0.25, -0.2) is 8.78 Å². The van der Waals surface area contributed by atoms with Gasteiger partial charge in [-0.2, -0.15) is 8.42 Å². The maximum Gasteiger partial charge on any atom is 0.287 e. The normalized spacial score (nSPS) is 11.1. The van der Waals surface area contributed by atoms with Crippen LogP contribution in [0, 0.1) is 11.6 Å². The van der Waals surface area contributed by atoms with E-state index in [1.54, 1.807) is 6.07 Å². The van der Waals surface area contributed by atoms with Crippen LogP contribution < -0.4 is 5.73 Å². The third-order valence-electron chi connectivity index (χ3n) is 2.58. The van der Waals surface area contributed by atoms with Crippen LogP contribution >= 0.6 is 23.2 Å². The highest BCUT2D eigenvalue weighted by atomic mass is 35.5. The Morgan fingerprint density at radius 2 is 1.76 bits per heavy atom. The van der Waals surface area contributed by atoms with E-state index in [1.165, 1.54) is 12.1 Å². The summed E-state index contributed by atoms with van der Waals surface area (Å²) in [4.78, 5) is 10.6. The lowest BCUT2D eigenvalue weighted by atomic mass is 10.2. The Kier molecular flexibility index (Phi) is 7.50. The summed E-state index contributed by atoms with van der Waals surface area (Å²) >= 11 is 11.2. The fourth-order valence-electron chi connectivity index (χ4n) is 1.49. The first kappa shape index (κ1) is 21.0. The molecule has 0 heterocycles. The van der Waals surface area contributed by atoms with Crippen LogP contribution in [-0.2, 0) is 10.1 Å². The van der Waals surface area contributed by atoms with Crippen molar-refractivity contribution in [2.45, 2.75) is 0 Å². The second kappa shape index (κ2) is 8.91. The molecule has 0 spiro atoms. The maximum absolute atomic E-state index is 12.9. The van der Waals surface area contributed by atoms with Gasteiger partial charge in [0.15, 0.2) is 0 Å². The van der Waals surface area contributed by atoms with Gasteiger partial charge in [0.05, 0.1) is 16.0 Å². The van der Waals surface area contributed by atoms with Crippen LogP contribution in [0.1, 0.15) is 15.9 Å². The fourth-order valence-corrected chi connectivity index (χ4v) is 2.31. The Morgan fingerprint density at radius 1 is 1.12 bits per heavy atom. The first-order valence-corrected chi connectivity index (χ1v) is 8.61. The van der Waals surface area contributed by atoms with Crippen molar-refractivity contribution in [3.05, 3.63) is 74.6 Å². The molecule has 0 radical (unpaired) electrons. The number of hydrogen-bond acceptors (Lipinski definition) is 3. The summed E-state index contributed by atoms with van der Waals surface area (Å²) in [6.07, 6.45) is 0.837. The van der Waals surface area contributed by atoms with Crippen molar-refractivity contribution in [1.82, 2.24) is 0 Å². The minimum absolute atomic E-state index is 0.121. The van der Waals surface area contributed by atoms with E-state index < -0.39 is 27.7 Å². The molecule has 0 unspecified atom stereocenters. The van der Waals surface area contributed by atoms with Crippen LogP contribution in [0.2, 0.25) is 10.0 Å². The Balaban J connectivity index is 0.000000257. The van der Waals surface area contributed by atoms with Gasteiger partial charge < -0.3 is 5.73 Å². The molecule has 25 heavy (non-hydrogen) atoms. The van der Waals surface area contributed by atoms with E-state index >= 15 is 0 Å². The molecule has 1 amide bonds. The molecule has 2 rings (SSSR count). The summed E-state index contributed by atoms with van der Waals surface area (Å²) < 4.78 is 54.1. The van der Waals surface area contributed by atoms with Gasteiger partial charge in [-0.3, -0.25) is 9.35 Å². The molecule has 0 saturated heterocycles. The van der Waals surface area contributed by atoms with Crippen LogP contribution in [0.5, 0.6) is 0 Å². The van der Waals surface area contributed by atoms with Crippen molar-refractivity contribution in [2.75, 3.05) is 0 Å². The van der Waals surface area contributed by atoms with Crippen LogP contribution in [0.15, 0.2) is 41.8 Å². The average Bonchev–Trinajstić information content (AvgIpc) is 2.45. The molecule has 0 aliphatic heterocycles. The van der Waals surface area contributed by atoms with Crippen LogP contribution in [0.3, 0.4) is 0 Å². The summed E-state index contributed by atoms with van der Waals surface area (Å²) in [5, 5.41) is 1.19. The first-order chi connectivity index (χ1) is 11.5. The van der Waals surface area contributed by atoms with Gasteiger partial charge in [0.2, 0.25) is 5.91 Å². The standard InChI is InChI=1S/C8H6F2O3S.C7H5Cl2NO/c9-7-2-1-6(8(10)5-7)3-4-14(11,12)13;8-4-1-2-5(7(10)11)6(9)3-4/h1-5H,(H,11,12,13);1-3H,(H2,10,11)/b4-3+;. The number of carbonyl (C=O) groups is 1. The highest BCUT2D eigenvalue weighted by Gasteiger charge is 2.05. The van der Waals surface area contributed by atoms with E-state index in [1.807, 2.05) is 0 Å². The second-order valence-electron chi connectivity index (χ2n) is 4.47. The monoisotopic (exact) mass is 409 g/mol. The van der Waals surface area contributed by atoms with Gasteiger partial charge in [-0.1, -0.05) is 23.2 Å². The third-order valence-corrected chi connectivity index (χ3v) is 3.61. The smallest absolute Gasteiger partial charge is 0.287 e. The van der Waals surface area contributed by atoms with Crippen molar-refractivity contribution in [3.63, 3.8) is 0 Å². The van der Waals surface area contributed by atoms with Crippen LogP contribution in [0.25, 0.3) is 6.08 Å². The van der Waals surface area contributed by atoms with E-state index in [4.69, 9.17) is 33.5 Å². The van der Waals surface area contributed by atoms with E-state index in [2.05, 4.69) is 0 Å². The van der Waals surface area contributed by atoms with Gasteiger partial charge in [-0.15, -0.1) is 0 Å². The van der Waals surface area contributed by atoms with E-state index in [0.717, 1.165) is 18.2 Å². The van der Waals surface area contributed by atoms with Gasteiger partial charge >= 0.3 is 0 Å². The van der Waals surface area contributed by atoms with E-state index in [0.29, 0.717) is 16.5 Å². The average molecular weight is 410 g/mol. The Labute approximate surface area is 152 Å². The van der Waals surface area contributed by atoms with Crippen LogP contribution in [-0.4, -0.2) is 18.9 Å². The molecule has 0 saturated carbocycles. The number of benzene rings is 2. The van der Waals surface area contributed by atoms with Gasteiger partial charge in [0.25, 0.3) is 10.1 Å². The summed E-state index contributed by atoms with van der Waals surface area (Å²) in [7, 11) is -4.29. The lowest BCUT2D eigenvalue weighted by molar-refractivity contribution is 0.100. The van der Waals surface area contributed by atoms with Crippen molar-refractivity contribution >= 4 is 45.3 Å². The lowest BCUT2D eigenvalue weighted by Gasteiger charge is -1.97. The predicted molar refractivity (Wildman–Crippen MR) is 91.9 cm³/mol. The van der Waals surface area contributed by atoms with E-state index in [9.17, 15) is 22.0 Å². The molecule has 134 valence electrons.